The molecule has 2 amide bonds. The van der Waals surface area contributed by atoms with Crippen LogP contribution in [0.25, 0.3) is 0 Å². The first-order chi connectivity index (χ1) is 11.1. The fourth-order valence-electron chi connectivity index (χ4n) is 2.12. The molecule has 1 heterocycles. The van der Waals surface area contributed by atoms with Gasteiger partial charge in [0.15, 0.2) is 6.61 Å². The van der Waals surface area contributed by atoms with Crippen molar-refractivity contribution in [2.75, 3.05) is 36.1 Å². The number of fused-ring (bicyclic) bond motifs is 1. The Bertz CT molecular complexity index is 593. The fourth-order valence-corrected chi connectivity index (χ4v) is 2.69. The number of carboxylic acid groups (broad SMARTS) is 1. The number of carbonyl (C=O) groups is 3. The van der Waals surface area contributed by atoms with Gasteiger partial charge in [0.2, 0.25) is 5.91 Å². The van der Waals surface area contributed by atoms with Gasteiger partial charge in [0, 0.05) is 25.3 Å². The molecule has 1 aromatic carbocycles. The minimum Gasteiger partial charge on any atom is -0.482 e. The van der Waals surface area contributed by atoms with Crippen LogP contribution in [-0.4, -0.2) is 54.1 Å². The molecule has 1 aliphatic heterocycles. The van der Waals surface area contributed by atoms with E-state index in [1.165, 1.54) is 11.8 Å². The molecule has 0 aromatic heterocycles. The van der Waals surface area contributed by atoms with Crippen molar-refractivity contribution in [1.29, 1.82) is 0 Å². The van der Waals surface area contributed by atoms with E-state index in [2.05, 4.69) is 5.32 Å². The smallest absolute Gasteiger partial charge is 0.313 e. The molecule has 2 rings (SSSR count). The van der Waals surface area contributed by atoms with Gasteiger partial charge in [-0.25, -0.2) is 0 Å². The van der Waals surface area contributed by atoms with E-state index in [4.69, 9.17) is 9.84 Å². The largest absolute Gasteiger partial charge is 0.482 e. The van der Waals surface area contributed by atoms with E-state index in [9.17, 15) is 14.4 Å². The number of ether oxygens (including phenoxy) is 1. The number of anilines is 1. The van der Waals surface area contributed by atoms with Crippen LogP contribution in [0.5, 0.6) is 5.75 Å². The van der Waals surface area contributed by atoms with Crippen molar-refractivity contribution in [1.82, 2.24) is 5.32 Å². The minimum absolute atomic E-state index is 0.0228. The average Bonchev–Trinajstić information content (AvgIpc) is 2.53. The van der Waals surface area contributed by atoms with Crippen molar-refractivity contribution in [3.8, 4) is 5.75 Å². The highest BCUT2D eigenvalue weighted by molar-refractivity contribution is 7.99. The van der Waals surface area contributed by atoms with Crippen LogP contribution in [0.3, 0.4) is 0 Å². The Balaban J connectivity index is 1.76. The van der Waals surface area contributed by atoms with Gasteiger partial charge in [0.05, 0.1) is 11.4 Å². The first kappa shape index (κ1) is 17.1. The molecule has 23 heavy (non-hydrogen) atoms. The number of hydrogen-bond acceptors (Lipinski definition) is 5. The summed E-state index contributed by atoms with van der Waals surface area (Å²) in [5.41, 5.74) is 0.675. The lowest BCUT2D eigenvalue weighted by Crippen LogP contribution is -2.41. The van der Waals surface area contributed by atoms with Crippen molar-refractivity contribution in [3.05, 3.63) is 24.3 Å². The van der Waals surface area contributed by atoms with E-state index in [-0.39, 0.29) is 37.1 Å². The van der Waals surface area contributed by atoms with E-state index < -0.39 is 5.97 Å². The van der Waals surface area contributed by atoms with Gasteiger partial charge in [-0.3, -0.25) is 14.4 Å². The summed E-state index contributed by atoms with van der Waals surface area (Å²) >= 11 is 1.25. The molecule has 0 radical (unpaired) electrons. The summed E-state index contributed by atoms with van der Waals surface area (Å²) < 4.78 is 5.34. The Morgan fingerprint density at radius 3 is 2.91 bits per heavy atom. The van der Waals surface area contributed by atoms with E-state index in [0.717, 1.165) is 0 Å². The van der Waals surface area contributed by atoms with Crippen LogP contribution < -0.4 is 15.0 Å². The fraction of sp³-hybridized carbons (Fsp3) is 0.400. The topological polar surface area (TPSA) is 95.9 Å². The van der Waals surface area contributed by atoms with Crippen LogP contribution in [0.2, 0.25) is 0 Å². The summed E-state index contributed by atoms with van der Waals surface area (Å²) in [6.07, 6.45) is 0.184. The van der Waals surface area contributed by atoms with Crippen LogP contribution in [0.4, 0.5) is 5.69 Å². The van der Waals surface area contributed by atoms with Gasteiger partial charge in [0.1, 0.15) is 5.75 Å². The highest BCUT2D eigenvalue weighted by atomic mass is 32.2. The predicted octanol–water partition coefficient (Wildman–Crippen LogP) is 0.736. The zero-order valence-electron chi connectivity index (χ0n) is 12.5. The standard InChI is InChI=1S/C15H18N2O5S/c18-13(16-6-8-23-10-15(20)21)5-7-17-11-3-1-2-4-12(11)22-9-14(17)19/h1-4H,5-10H2,(H,16,18)(H,20,21). The molecule has 7 nitrogen and oxygen atoms in total. The van der Waals surface area contributed by atoms with Gasteiger partial charge in [-0.2, -0.15) is 0 Å². The third-order valence-electron chi connectivity index (χ3n) is 3.16. The van der Waals surface area contributed by atoms with Crippen molar-refractivity contribution in [3.63, 3.8) is 0 Å². The van der Waals surface area contributed by atoms with Gasteiger partial charge in [-0.15, -0.1) is 11.8 Å². The number of aliphatic carboxylic acids is 1. The highest BCUT2D eigenvalue weighted by Crippen LogP contribution is 2.31. The van der Waals surface area contributed by atoms with Crippen LogP contribution in [0.15, 0.2) is 24.3 Å². The monoisotopic (exact) mass is 338 g/mol. The average molecular weight is 338 g/mol. The highest BCUT2D eigenvalue weighted by Gasteiger charge is 2.25. The van der Waals surface area contributed by atoms with Gasteiger partial charge < -0.3 is 20.1 Å². The Morgan fingerprint density at radius 2 is 2.13 bits per heavy atom. The summed E-state index contributed by atoms with van der Waals surface area (Å²) in [6.45, 7) is 0.669. The van der Waals surface area contributed by atoms with E-state index in [1.54, 1.807) is 17.0 Å². The number of nitrogens with one attached hydrogen (secondary N) is 1. The number of para-hydroxylation sites is 2. The second kappa shape index (κ2) is 8.42. The van der Waals surface area contributed by atoms with Gasteiger partial charge >= 0.3 is 5.97 Å². The van der Waals surface area contributed by atoms with Crippen molar-refractivity contribution in [2.24, 2.45) is 0 Å². The zero-order chi connectivity index (χ0) is 16.7. The summed E-state index contributed by atoms with van der Waals surface area (Å²) in [4.78, 5) is 35.6. The second-order valence-corrected chi connectivity index (χ2v) is 5.95. The molecule has 2 N–H and O–H groups in total. The molecular weight excluding hydrogens is 320 g/mol. The van der Waals surface area contributed by atoms with Gasteiger partial charge in [-0.1, -0.05) is 12.1 Å². The molecule has 0 bridgehead atoms. The number of rotatable bonds is 8. The molecule has 0 saturated heterocycles. The lowest BCUT2D eigenvalue weighted by molar-refractivity contribution is -0.134. The predicted molar refractivity (Wildman–Crippen MR) is 86.9 cm³/mol. The third-order valence-corrected chi connectivity index (χ3v) is 4.11. The third kappa shape index (κ3) is 5.17. The number of carboxylic acids is 1. The summed E-state index contributed by atoms with van der Waals surface area (Å²) in [7, 11) is 0. The van der Waals surface area contributed by atoms with E-state index in [1.807, 2.05) is 12.1 Å². The lowest BCUT2D eigenvalue weighted by Gasteiger charge is -2.29. The SMILES string of the molecule is O=C(O)CSCCNC(=O)CCN1C(=O)COc2ccccc21. The summed E-state index contributed by atoms with van der Waals surface area (Å²) in [6, 6.07) is 7.21. The van der Waals surface area contributed by atoms with Gasteiger partial charge in [-0.05, 0) is 12.1 Å². The number of hydrogen-bond donors (Lipinski definition) is 2. The molecule has 8 heteroatoms. The van der Waals surface area contributed by atoms with Crippen molar-refractivity contribution in [2.45, 2.75) is 6.42 Å². The molecule has 0 fully saturated rings. The molecular formula is C15H18N2O5S. The molecule has 1 aliphatic rings. The summed E-state index contributed by atoms with van der Waals surface area (Å²) in [5.74, 6) is -0.0126. The number of carbonyl (C=O) groups excluding carboxylic acids is 2. The Kier molecular flexibility index (Phi) is 6.28. The Hall–Kier alpha value is -2.22. The number of thioether (sulfide) groups is 1. The van der Waals surface area contributed by atoms with Crippen LogP contribution in [-0.2, 0) is 14.4 Å². The first-order valence-electron chi connectivity index (χ1n) is 7.16. The lowest BCUT2D eigenvalue weighted by atomic mass is 10.2. The molecule has 0 aliphatic carbocycles. The minimum atomic E-state index is -0.870. The van der Waals surface area contributed by atoms with Crippen LogP contribution in [0.1, 0.15) is 6.42 Å². The van der Waals surface area contributed by atoms with Crippen molar-refractivity contribution < 1.29 is 24.2 Å². The quantitative estimate of drug-likeness (QED) is 0.679. The number of benzene rings is 1. The molecule has 0 atom stereocenters. The maximum Gasteiger partial charge on any atom is 0.313 e. The second-order valence-electron chi connectivity index (χ2n) is 4.85. The molecule has 0 saturated carbocycles. The molecule has 0 spiro atoms. The van der Waals surface area contributed by atoms with E-state index >= 15 is 0 Å². The maximum atomic E-state index is 11.9. The molecule has 1 aromatic rings. The number of nitrogens with zero attached hydrogens (tertiary/aromatic N) is 1. The van der Waals surface area contributed by atoms with Crippen LogP contribution in [0, 0.1) is 0 Å². The summed E-state index contributed by atoms with van der Waals surface area (Å²) in [5, 5.41) is 11.2. The molecule has 0 unspecified atom stereocenters. The first-order valence-corrected chi connectivity index (χ1v) is 8.32. The van der Waals surface area contributed by atoms with Crippen molar-refractivity contribution >= 4 is 35.2 Å². The Labute approximate surface area is 138 Å². The van der Waals surface area contributed by atoms with E-state index in [0.29, 0.717) is 23.7 Å². The normalized spacial score (nSPS) is 13.2. The maximum absolute atomic E-state index is 11.9. The zero-order valence-corrected chi connectivity index (χ0v) is 13.3. The Morgan fingerprint density at radius 1 is 1.35 bits per heavy atom. The number of amides is 2. The van der Waals surface area contributed by atoms with Gasteiger partial charge in [0.25, 0.3) is 5.91 Å². The van der Waals surface area contributed by atoms with Crippen LogP contribution >= 0.6 is 11.8 Å². The molecule has 124 valence electrons.